The fraction of sp³-hybridized carbons (Fsp3) is 0.571. The molecular weight excluding hydrogens is 282 g/mol. The van der Waals surface area contributed by atoms with Crippen molar-refractivity contribution >= 4 is 5.95 Å². The number of hydrogen-bond acceptors (Lipinski definition) is 8. The molecule has 2 saturated heterocycles. The molecule has 4 heterocycles. The molecule has 116 valence electrons. The zero-order chi connectivity index (χ0) is 14.8. The van der Waals surface area contributed by atoms with Crippen molar-refractivity contribution in [3.8, 4) is 0 Å². The second kappa shape index (κ2) is 5.98. The van der Waals surface area contributed by atoms with Gasteiger partial charge in [-0.3, -0.25) is 9.80 Å². The molecule has 2 aliphatic heterocycles. The van der Waals surface area contributed by atoms with E-state index in [0.29, 0.717) is 6.04 Å². The van der Waals surface area contributed by atoms with Crippen molar-refractivity contribution in [2.75, 3.05) is 44.2 Å². The van der Waals surface area contributed by atoms with E-state index >= 15 is 0 Å². The SMILES string of the molecule is c1cnc(N2CCN(C3CN(Cc4cnon4)C3)CC2)nc1. The summed E-state index contributed by atoms with van der Waals surface area (Å²) < 4.78 is 4.63. The first-order valence-corrected chi connectivity index (χ1v) is 7.63. The van der Waals surface area contributed by atoms with Crippen molar-refractivity contribution in [1.29, 1.82) is 0 Å². The first-order valence-electron chi connectivity index (χ1n) is 7.63. The average molecular weight is 301 g/mol. The average Bonchev–Trinajstić information content (AvgIpc) is 3.05. The number of rotatable bonds is 4. The van der Waals surface area contributed by atoms with Gasteiger partial charge in [-0.25, -0.2) is 14.6 Å². The lowest BCUT2D eigenvalue weighted by Gasteiger charge is -2.48. The van der Waals surface area contributed by atoms with Crippen LogP contribution in [0.25, 0.3) is 0 Å². The Bertz CT molecular complexity index is 577. The first-order chi connectivity index (χ1) is 10.9. The molecule has 0 N–H and O–H groups in total. The van der Waals surface area contributed by atoms with Gasteiger partial charge in [0.15, 0.2) is 0 Å². The molecule has 4 rings (SSSR count). The van der Waals surface area contributed by atoms with Crippen LogP contribution < -0.4 is 4.90 Å². The summed E-state index contributed by atoms with van der Waals surface area (Å²) in [6.07, 6.45) is 5.29. The van der Waals surface area contributed by atoms with Gasteiger partial charge in [0, 0.05) is 64.2 Å². The van der Waals surface area contributed by atoms with Crippen LogP contribution in [0.4, 0.5) is 5.95 Å². The summed E-state index contributed by atoms with van der Waals surface area (Å²) in [7, 11) is 0. The third-order valence-electron chi connectivity index (χ3n) is 4.40. The highest BCUT2D eigenvalue weighted by molar-refractivity contribution is 5.29. The van der Waals surface area contributed by atoms with Gasteiger partial charge in [-0.05, 0) is 6.07 Å². The van der Waals surface area contributed by atoms with Crippen molar-refractivity contribution in [2.24, 2.45) is 0 Å². The Kier molecular flexibility index (Phi) is 3.69. The lowest BCUT2D eigenvalue weighted by Crippen LogP contribution is -2.62. The van der Waals surface area contributed by atoms with E-state index in [4.69, 9.17) is 0 Å². The van der Waals surface area contributed by atoms with Crippen molar-refractivity contribution in [3.05, 3.63) is 30.4 Å². The third kappa shape index (κ3) is 2.79. The Morgan fingerprint density at radius 2 is 1.86 bits per heavy atom. The molecule has 0 aliphatic carbocycles. The quantitative estimate of drug-likeness (QED) is 0.773. The Labute approximate surface area is 128 Å². The van der Waals surface area contributed by atoms with Crippen molar-refractivity contribution in [2.45, 2.75) is 12.6 Å². The Balaban J connectivity index is 1.24. The van der Waals surface area contributed by atoms with Gasteiger partial charge >= 0.3 is 0 Å². The predicted octanol–water partition coefficient (Wildman–Crippen LogP) is -0.134. The number of piperazine rings is 1. The number of hydrogen-bond donors (Lipinski definition) is 0. The van der Waals surface area contributed by atoms with Crippen molar-refractivity contribution in [1.82, 2.24) is 30.1 Å². The molecule has 0 bridgehead atoms. The minimum absolute atomic E-state index is 0.652. The van der Waals surface area contributed by atoms with Gasteiger partial charge < -0.3 is 4.90 Å². The van der Waals surface area contributed by atoms with E-state index in [-0.39, 0.29) is 0 Å². The summed E-state index contributed by atoms with van der Waals surface area (Å²) in [5.41, 5.74) is 0.907. The zero-order valence-corrected chi connectivity index (χ0v) is 12.4. The summed E-state index contributed by atoms with van der Waals surface area (Å²) in [6.45, 7) is 7.15. The Morgan fingerprint density at radius 1 is 1.09 bits per heavy atom. The zero-order valence-electron chi connectivity index (χ0n) is 12.4. The summed E-state index contributed by atoms with van der Waals surface area (Å²) in [4.78, 5) is 15.8. The van der Waals surface area contributed by atoms with Crippen LogP contribution in [0, 0.1) is 0 Å². The van der Waals surface area contributed by atoms with Gasteiger partial charge in [0.2, 0.25) is 5.95 Å². The van der Waals surface area contributed by atoms with E-state index in [0.717, 1.165) is 57.5 Å². The van der Waals surface area contributed by atoms with Crippen molar-refractivity contribution in [3.63, 3.8) is 0 Å². The lowest BCUT2D eigenvalue weighted by atomic mass is 10.1. The van der Waals surface area contributed by atoms with Crippen molar-refractivity contribution < 1.29 is 4.63 Å². The van der Waals surface area contributed by atoms with Gasteiger partial charge in [0.05, 0.1) is 6.20 Å². The molecule has 0 atom stereocenters. The van der Waals surface area contributed by atoms with Gasteiger partial charge in [-0.2, -0.15) is 0 Å². The molecule has 0 amide bonds. The predicted molar refractivity (Wildman–Crippen MR) is 79.2 cm³/mol. The maximum atomic E-state index is 4.63. The maximum Gasteiger partial charge on any atom is 0.225 e. The Hall–Kier alpha value is -2.06. The molecule has 8 nitrogen and oxygen atoms in total. The fourth-order valence-corrected chi connectivity index (χ4v) is 3.13. The van der Waals surface area contributed by atoms with Crippen LogP contribution in [0.5, 0.6) is 0 Å². The van der Waals surface area contributed by atoms with Crippen LogP contribution >= 0.6 is 0 Å². The standard InChI is InChI=1S/C14H19N7O/c1-2-15-14(16-3-1)21-6-4-20(5-7-21)13-10-19(11-13)9-12-8-17-22-18-12/h1-3,8,13H,4-7,9-11H2. The monoisotopic (exact) mass is 301 g/mol. The topological polar surface area (TPSA) is 74.4 Å². The molecule has 22 heavy (non-hydrogen) atoms. The molecule has 0 spiro atoms. The van der Waals surface area contributed by atoms with E-state index in [9.17, 15) is 0 Å². The second-order valence-electron chi connectivity index (χ2n) is 5.82. The minimum Gasteiger partial charge on any atom is -0.338 e. The Morgan fingerprint density at radius 3 is 2.55 bits per heavy atom. The molecule has 0 saturated carbocycles. The smallest absolute Gasteiger partial charge is 0.225 e. The summed E-state index contributed by atoms with van der Waals surface area (Å²) in [5, 5.41) is 7.50. The highest BCUT2D eigenvalue weighted by atomic mass is 16.6. The molecule has 0 radical (unpaired) electrons. The van der Waals surface area contributed by atoms with Crippen LogP contribution in [0.1, 0.15) is 5.69 Å². The summed E-state index contributed by atoms with van der Waals surface area (Å²) >= 11 is 0. The second-order valence-corrected chi connectivity index (χ2v) is 5.82. The molecule has 2 fully saturated rings. The normalized spacial score (nSPS) is 21.0. The van der Waals surface area contributed by atoms with E-state index in [1.165, 1.54) is 0 Å². The number of nitrogens with zero attached hydrogens (tertiary/aromatic N) is 7. The lowest BCUT2D eigenvalue weighted by molar-refractivity contribution is 0.0241. The molecule has 2 aliphatic rings. The first kappa shape index (κ1) is 13.6. The highest BCUT2D eigenvalue weighted by Crippen LogP contribution is 2.19. The highest BCUT2D eigenvalue weighted by Gasteiger charge is 2.34. The van der Waals surface area contributed by atoms with E-state index in [2.05, 4.69) is 39.6 Å². The van der Waals surface area contributed by atoms with Gasteiger partial charge in [-0.15, -0.1) is 0 Å². The molecule has 2 aromatic heterocycles. The van der Waals surface area contributed by atoms with Gasteiger partial charge in [-0.1, -0.05) is 10.3 Å². The van der Waals surface area contributed by atoms with Crippen LogP contribution in [0.2, 0.25) is 0 Å². The molecule has 0 unspecified atom stereocenters. The minimum atomic E-state index is 0.652. The van der Waals surface area contributed by atoms with E-state index in [1.807, 2.05) is 6.07 Å². The fourth-order valence-electron chi connectivity index (χ4n) is 3.13. The number of anilines is 1. The van der Waals surface area contributed by atoms with E-state index < -0.39 is 0 Å². The van der Waals surface area contributed by atoms with Gasteiger partial charge in [0.1, 0.15) is 5.69 Å². The van der Waals surface area contributed by atoms with Gasteiger partial charge in [0.25, 0.3) is 0 Å². The number of aromatic nitrogens is 4. The molecule has 2 aromatic rings. The molecule has 0 aromatic carbocycles. The van der Waals surface area contributed by atoms with Crippen LogP contribution in [-0.2, 0) is 6.54 Å². The van der Waals surface area contributed by atoms with Crippen LogP contribution in [0.3, 0.4) is 0 Å². The van der Waals surface area contributed by atoms with Crippen LogP contribution in [-0.4, -0.2) is 75.4 Å². The third-order valence-corrected chi connectivity index (χ3v) is 4.40. The molecular formula is C14H19N7O. The van der Waals surface area contributed by atoms with E-state index in [1.54, 1.807) is 18.6 Å². The maximum absolute atomic E-state index is 4.63. The summed E-state index contributed by atoms with van der Waals surface area (Å²) in [5.74, 6) is 0.843. The van der Waals surface area contributed by atoms with Crippen LogP contribution in [0.15, 0.2) is 29.3 Å². The largest absolute Gasteiger partial charge is 0.338 e. The summed E-state index contributed by atoms with van der Waals surface area (Å²) in [6, 6.07) is 2.51. The number of likely N-dealkylation sites (tertiary alicyclic amines) is 1. The molecule has 8 heteroatoms.